The first kappa shape index (κ1) is 45.2. The van der Waals surface area contributed by atoms with Crippen LogP contribution in [0.25, 0.3) is 53.0 Å². The Hall–Kier alpha value is -3.50. The van der Waals surface area contributed by atoms with Crippen molar-refractivity contribution in [3.05, 3.63) is 89.3 Å². The van der Waals surface area contributed by atoms with Gasteiger partial charge in [-0.05, 0) is 54.0 Å². The minimum absolute atomic E-state index is 0. The van der Waals surface area contributed by atoms with Gasteiger partial charge in [-0.15, -0.1) is 29.1 Å². The summed E-state index contributed by atoms with van der Waals surface area (Å²) in [5.74, 6) is 0.547. The number of alkyl halides is 3. The molecule has 1 N–H and O–H groups in total. The number of carbonyl (C=O) groups is 1. The third-order valence-corrected chi connectivity index (χ3v) is 12.4. The zero-order valence-corrected chi connectivity index (χ0v) is 37.6. The third-order valence-electron chi connectivity index (χ3n) is 10.3. The van der Waals surface area contributed by atoms with Crippen LogP contribution in [0.3, 0.4) is 0 Å². The largest absolute Gasteiger partial charge is 0.512 e. The van der Waals surface area contributed by atoms with Crippen LogP contribution < -0.4 is 0 Å². The fourth-order valence-corrected chi connectivity index (χ4v) is 8.93. The van der Waals surface area contributed by atoms with E-state index in [9.17, 15) is 23.1 Å². The van der Waals surface area contributed by atoms with E-state index >= 15 is 0 Å². The zero-order valence-electron chi connectivity index (χ0n) is 33.5. The number of halogens is 3. The van der Waals surface area contributed by atoms with Gasteiger partial charge < -0.3 is 5.11 Å². The van der Waals surface area contributed by atoms with Crippen LogP contribution in [0.15, 0.2) is 72.6 Å². The van der Waals surface area contributed by atoms with Gasteiger partial charge in [0.15, 0.2) is 15.4 Å². The Morgan fingerprint density at radius 2 is 1.48 bits per heavy atom. The number of hydrogen-bond donors (Lipinski definition) is 1. The predicted molar refractivity (Wildman–Crippen MR) is 224 cm³/mol. The van der Waals surface area contributed by atoms with Gasteiger partial charge in [0, 0.05) is 61.9 Å². The predicted octanol–water partition coefficient (Wildman–Crippen LogP) is 13.9. The van der Waals surface area contributed by atoms with Crippen LogP contribution in [-0.2, 0) is 36.7 Å². The Balaban J connectivity index is 0.000000372. The molecule has 0 saturated carbocycles. The Kier molecular flexibility index (Phi) is 14.8. The van der Waals surface area contributed by atoms with Crippen molar-refractivity contribution in [3.8, 4) is 21.8 Å². The Morgan fingerprint density at radius 1 is 0.839 bits per heavy atom. The number of fused-ring (bicyclic) bond motifs is 3. The monoisotopic (exact) mass is 979 g/mol. The van der Waals surface area contributed by atoms with Gasteiger partial charge in [0.25, 0.3) is 0 Å². The number of carbonyl (C=O) groups excluding carboxylic acids is 1. The van der Waals surface area contributed by atoms with Crippen LogP contribution in [0, 0.1) is 23.3 Å². The summed E-state index contributed by atoms with van der Waals surface area (Å²) in [5, 5.41) is 15.3. The Labute approximate surface area is 350 Å². The van der Waals surface area contributed by atoms with Gasteiger partial charge in [0.1, 0.15) is 5.01 Å². The summed E-state index contributed by atoms with van der Waals surface area (Å²) >= 11 is 2.64. The number of aromatic nitrogens is 3. The molecule has 0 spiro atoms. The molecule has 301 valence electrons. The average molecular weight is 979 g/mol. The van der Waals surface area contributed by atoms with Gasteiger partial charge in [-0.25, -0.2) is 9.97 Å². The molecule has 0 saturated heterocycles. The molecule has 11 heteroatoms. The molecule has 5 nitrogen and oxygen atoms in total. The molecule has 3 aromatic heterocycles. The van der Waals surface area contributed by atoms with Gasteiger partial charge in [0.05, 0.1) is 16.2 Å². The van der Waals surface area contributed by atoms with Crippen LogP contribution in [-0.4, -0.2) is 32.0 Å². The number of benzene rings is 3. The molecular formula is C45H51F3IrN3O2S2-. The van der Waals surface area contributed by atoms with Crippen LogP contribution in [0.5, 0.6) is 0 Å². The van der Waals surface area contributed by atoms with Crippen molar-refractivity contribution in [2.75, 3.05) is 0 Å². The summed E-state index contributed by atoms with van der Waals surface area (Å²) in [5.41, 5.74) is 2.13. The SMILES string of the molecule is CC(C)(C)c1cc(-c2nccc3cc(-c4nc5sc(CC(C)(C)C(F)(F)F)nc5s4)ccc23)[c-]c2ccccc12.CCC(CC)C(=O)/C=C(\O)C(CC)CC.[Ir]. The molecule has 1 radical (unpaired) electrons. The van der Waals surface area contributed by atoms with Gasteiger partial charge >= 0.3 is 6.18 Å². The van der Waals surface area contributed by atoms with Crippen molar-refractivity contribution in [2.24, 2.45) is 17.3 Å². The molecule has 6 rings (SSSR count). The molecule has 6 aromatic rings. The molecule has 0 fully saturated rings. The van der Waals surface area contributed by atoms with E-state index in [1.807, 2.05) is 52.1 Å². The molecule has 0 bridgehead atoms. The maximum Gasteiger partial charge on any atom is 0.394 e. The minimum atomic E-state index is -4.29. The maximum absolute atomic E-state index is 13.3. The van der Waals surface area contributed by atoms with Crippen LogP contribution in [0.1, 0.15) is 98.6 Å². The van der Waals surface area contributed by atoms with Crippen molar-refractivity contribution >= 4 is 59.7 Å². The quantitative estimate of drug-likeness (QED) is 0.0795. The standard InChI is InChI=1S/C32H27F3N3S2.C13H24O2.Ir/c1-30(2,3)24-16-21(15-18-8-6-7-9-22(18)24)26-23-11-10-20(14-19(23)12-13-36-26)27-38-29-28(40-27)37-25(39-29)17-31(4,5)32(33,34)35;1-5-10(6-2)12(14)9-13(15)11(7-3)8-4;/h6-14,16H,17H2,1-5H3;9-11,14H,5-8H2,1-4H3;/q-1;;/b;12-9-;. The van der Waals surface area contributed by atoms with E-state index in [1.165, 1.54) is 53.5 Å². The minimum Gasteiger partial charge on any atom is -0.512 e. The molecule has 0 aliphatic carbocycles. The van der Waals surface area contributed by atoms with E-state index in [2.05, 4.69) is 68.2 Å². The van der Waals surface area contributed by atoms with Crippen LogP contribution >= 0.6 is 22.7 Å². The van der Waals surface area contributed by atoms with Crippen molar-refractivity contribution in [3.63, 3.8) is 0 Å². The molecule has 3 aromatic carbocycles. The fourth-order valence-electron chi connectivity index (χ4n) is 6.64. The number of rotatable bonds is 11. The van der Waals surface area contributed by atoms with Gasteiger partial charge in [0.2, 0.25) is 0 Å². The van der Waals surface area contributed by atoms with Crippen molar-refractivity contribution in [1.29, 1.82) is 0 Å². The van der Waals surface area contributed by atoms with E-state index in [1.54, 1.807) is 0 Å². The number of hydrogen-bond acceptors (Lipinski definition) is 7. The van der Waals surface area contributed by atoms with E-state index in [4.69, 9.17) is 9.97 Å². The Bertz CT molecular complexity index is 2280. The molecule has 0 amide bonds. The zero-order chi connectivity index (χ0) is 40.3. The number of aliphatic hydroxyl groups excluding tert-OH is 1. The van der Waals surface area contributed by atoms with E-state index in [-0.39, 0.29) is 55.3 Å². The van der Waals surface area contributed by atoms with Crippen molar-refractivity contribution in [2.45, 2.75) is 106 Å². The van der Waals surface area contributed by atoms with Gasteiger partial charge in [-0.1, -0.05) is 126 Å². The third kappa shape index (κ3) is 10.1. The summed E-state index contributed by atoms with van der Waals surface area (Å²) in [4.78, 5) is 27.0. The average Bonchev–Trinajstić information content (AvgIpc) is 3.70. The number of aliphatic hydroxyl groups is 1. The van der Waals surface area contributed by atoms with E-state index in [0.717, 1.165) is 63.7 Å². The summed E-state index contributed by atoms with van der Waals surface area (Å²) < 4.78 is 40.0. The van der Waals surface area contributed by atoms with Crippen molar-refractivity contribution in [1.82, 2.24) is 15.0 Å². The number of allylic oxidation sites excluding steroid dienone is 2. The summed E-state index contributed by atoms with van der Waals surface area (Å²) in [6, 6.07) is 22.3. The summed E-state index contributed by atoms with van der Waals surface area (Å²) in [7, 11) is 0. The van der Waals surface area contributed by atoms with Gasteiger partial charge in [-0.3, -0.25) is 9.78 Å². The van der Waals surface area contributed by atoms with E-state index in [0.29, 0.717) is 14.7 Å². The number of ketones is 1. The smallest absolute Gasteiger partial charge is 0.394 e. The molecule has 0 aliphatic heterocycles. The normalized spacial score (nSPS) is 12.7. The van der Waals surface area contributed by atoms with Crippen LogP contribution in [0.2, 0.25) is 0 Å². The molecule has 0 unspecified atom stereocenters. The fraction of sp³-hybridized carbons (Fsp3) is 0.422. The van der Waals surface area contributed by atoms with Crippen molar-refractivity contribution < 1.29 is 43.2 Å². The second-order valence-corrected chi connectivity index (χ2v) is 17.8. The topological polar surface area (TPSA) is 76.0 Å². The number of pyridine rings is 1. The Morgan fingerprint density at radius 3 is 2.09 bits per heavy atom. The molecular weight excluding hydrogens is 928 g/mol. The number of thiazole rings is 2. The second kappa shape index (κ2) is 18.4. The number of nitrogens with zero attached hydrogens (tertiary/aromatic N) is 3. The van der Waals surface area contributed by atoms with E-state index < -0.39 is 11.6 Å². The van der Waals surface area contributed by atoms with Gasteiger partial charge in [-0.2, -0.15) is 13.2 Å². The molecule has 0 aliphatic rings. The summed E-state index contributed by atoms with van der Waals surface area (Å²) in [6.45, 7) is 17.1. The van der Waals surface area contributed by atoms with Crippen LogP contribution in [0.4, 0.5) is 13.2 Å². The second-order valence-electron chi connectivity index (χ2n) is 15.8. The first-order chi connectivity index (χ1) is 25.9. The maximum atomic E-state index is 13.3. The molecule has 3 heterocycles. The molecule has 56 heavy (non-hydrogen) atoms. The molecule has 0 atom stereocenters. The summed E-state index contributed by atoms with van der Waals surface area (Å²) in [6.07, 6.45) is 2.28. The first-order valence-electron chi connectivity index (χ1n) is 19.0. The first-order valence-corrected chi connectivity index (χ1v) is 20.7.